The number of benzene rings is 1. The third-order valence-electron chi connectivity index (χ3n) is 5.99. The summed E-state index contributed by atoms with van der Waals surface area (Å²) in [5.41, 5.74) is 1.45. The van der Waals surface area contributed by atoms with Crippen LogP contribution in [0.25, 0.3) is 0 Å². The van der Waals surface area contributed by atoms with Crippen molar-refractivity contribution in [1.82, 2.24) is 4.90 Å². The minimum atomic E-state index is 0.223. The van der Waals surface area contributed by atoms with Crippen molar-refractivity contribution >= 4 is 17.2 Å². The van der Waals surface area contributed by atoms with Crippen LogP contribution in [-0.2, 0) is 6.54 Å². The summed E-state index contributed by atoms with van der Waals surface area (Å²) >= 11 is 1.55. The second kappa shape index (κ2) is 8.33. The Balaban J connectivity index is 1.23. The Morgan fingerprint density at radius 3 is 2.38 bits per heavy atom. The average Bonchev–Trinajstić information content (AvgIpc) is 3.24. The standard InChI is InChI=1S/C21H27N3OS/c25-21(20-7-4-16-26-20)24-14-12-23(13-15-24)19-8-10-22(11-9-19)17-18-5-2-1-3-6-18/h1-7,16,19H,8-15,17H2/p+2. The smallest absolute Gasteiger partial charge is 0.264 e. The topological polar surface area (TPSA) is 29.2 Å². The fraction of sp³-hybridized carbons (Fsp3) is 0.476. The number of nitrogens with one attached hydrogen (secondary N) is 2. The summed E-state index contributed by atoms with van der Waals surface area (Å²) in [6.07, 6.45) is 2.63. The summed E-state index contributed by atoms with van der Waals surface area (Å²) in [6.45, 7) is 7.74. The van der Waals surface area contributed by atoms with Gasteiger partial charge in [-0.25, -0.2) is 0 Å². The third kappa shape index (κ3) is 4.17. The number of thiophene rings is 1. The molecule has 0 radical (unpaired) electrons. The largest absolute Gasteiger partial charge is 0.331 e. The fourth-order valence-electron chi connectivity index (χ4n) is 4.46. The van der Waals surface area contributed by atoms with Gasteiger partial charge in [0.15, 0.2) is 0 Å². The highest BCUT2D eigenvalue weighted by Crippen LogP contribution is 2.12. The molecule has 2 aromatic rings. The zero-order valence-corrected chi connectivity index (χ0v) is 16.1. The summed E-state index contributed by atoms with van der Waals surface area (Å²) in [7, 11) is 0. The van der Waals surface area contributed by atoms with Crippen LogP contribution in [0.2, 0.25) is 0 Å². The Morgan fingerprint density at radius 2 is 1.73 bits per heavy atom. The van der Waals surface area contributed by atoms with Gasteiger partial charge in [-0.2, -0.15) is 0 Å². The number of hydrogen-bond donors (Lipinski definition) is 2. The van der Waals surface area contributed by atoms with Gasteiger partial charge in [0.1, 0.15) is 6.54 Å². The zero-order chi connectivity index (χ0) is 17.8. The molecule has 0 bridgehead atoms. The first kappa shape index (κ1) is 17.7. The molecule has 2 fully saturated rings. The van der Waals surface area contributed by atoms with Gasteiger partial charge in [0.25, 0.3) is 5.91 Å². The Labute approximate surface area is 160 Å². The molecule has 2 saturated heterocycles. The van der Waals surface area contributed by atoms with Gasteiger partial charge in [-0.3, -0.25) is 4.79 Å². The van der Waals surface area contributed by atoms with Crippen molar-refractivity contribution in [3.63, 3.8) is 0 Å². The molecular formula is C21H29N3OS+2. The molecule has 5 heteroatoms. The summed E-state index contributed by atoms with van der Waals surface area (Å²) in [4.78, 5) is 18.9. The van der Waals surface area contributed by atoms with E-state index >= 15 is 0 Å². The van der Waals surface area contributed by atoms with E-state index in [1.807, 2.05) is 22.4 Å². The van der Waals surface area contributed by atoms with Crippen LogP contribution in [-0.4, -0.2) is 56.1 Å². The summed E-state index contributed by atoms with van der Waals surface area (Å²) in [5.74, 6) is 0.223. The Morgan fingerprint density at radius 1 is 1.00 bits per heavy atom. The second-order valence-corrected chi connectivity index (χ2v) is 8.56. The molecule has 0 atom stereocenters. The third-order valence-corrected chi connectivity index (χ3v) is 6.85. The normalized spacial score (nSPS) is 24.5. The molecule has 2 N–H and O–H groups in total. The molecule has 26 heavy (non-hydrogen) atoms. The summed E-state index contributed by atoms with van der Waals surface area (Å²) in [5, 5.41) is 1.99. The number of likely N-dealkylation sites (tertiary alicyclic amines) is 1. The van der Waals surface area contributed by atoms with Gasteiger partial charge >= 0.3 is 0 Å². The van der Waals surface area contributed by atoms with E-state index in [2.05, 4.69) is 30.3 Å². The van der Waals surface area contributed by atoms with Crippen molar-refractivity contribution in [2.45, 2.75) is 25.4 Å². The molecule has 0 aliphatic carbocycles. The predicted octanol–water partition coefficient (Wildman–Crippen LogP) is 0.336. The molecule has 4 nitrogen and oxygen atoms in total. The van der Waals surface area contributed by atoms with E-state index < -0.39 is 0 Å². The van der Waals surface area contributed by atoms with Gasteiger partial charge in [0.05, 0.1) is 50.2 Å². The number of piperazine rings is 1. The number of nitrogens with zero attached hydrogens (tertiary/aromatic N) is 1. The number of carbonyl (C=O) groups is 1. The van der Waals surface area contributed by atoms with E-state index in [0.717, 1.165) is 43.6 Å². The molecule has 4 rings (SSSR count). The maximum atomic E-state index is 12.5. The highest BCUT2D eigenvalue weighted by Gasteiger charge is 2.33. The maximum absolute atomic E-state index is 12.5. The summed E-state index contributed by atoms with van der Waals surface area (Å²) in [6, 6.07) is 15.6. The van der Waals surface area contributed by atoms with E-state index in [9.17, 15) is 4.79 Å². The van der Waals surface area contributed by atoms with Crippen LogP contribution >= 0.6 is 11.3 Å². The van der Waals surface area contributed by atoms with E-state index in [1.165, 1.54) is 31.5 Å². The SMILES string of the molecule is O=C(c1cccs1)N1CC[NH+](C2CC[NH+](Cc3ccccc3)CC2)CC1. The minimum Gasteiger partial charge on any atom is -0.331 e. The van der Waals surface area contributed by atoms with Crippen LogP contribution in [0, 0.1) is 0 Å². The van der Waals surface area contributed by atoms with Crippen LogP contribution in [0.1, 0.15) is 28.1 Å². The molecule has 3 heterocycles. The maximum Gasteiger partial charge on any atom is 0.264 e. The van der Waals surface area contributed by atoms with Crippen molar-refractivity contribution < 1.29 is 14.6 Å². The molecule has 2 aliphatic rings. The quantitative estimate of drug-likeness (QED) is 0.797. The van der Waals surface area contributed by atoms with Crippen molar-refractivity contribution in [3.8, 4) is 0 Å². The minimum absolute atomic E-state index is 0.223. The lowest BCUT2D eigenvalue weighted by atomic mass is 10.0. The van der Waals surface area contributed by atoms with Crippen molar-refractivity contribution in [2.24, 2.45) is 0 Å². The molecule has 1 amide bonds. The molecule has 2 aliphatic heterocycles. The first-order valence-corrected chi connectivity index (χ1v) is 10.7. The lowest BCUT2D eigenvalue weighted by molar-refractivity contribution is -0.965. The Kier molecular flexibility index (Phi) is 5.68. The van der Waals surface area contributed by atoms with Gasteiger partial charge in [-0.15, -0.1) is 11.3 Å². The number of hydrogen-bond acceptors (Lipinski definition) is 2. The number of quaternary nitrogens is 2. The lowest BCUT2D eigenvalue weighted by Gasteiger charge is -2.39. The van der Waals surface area contributed by atoms with Gasteiger partial charge in [0, 0.05) is 18.4 Å². The predicted molar refractivity (Wildman–Crippen MR) is 105 cm³/mol. The van der Waals surface area contributed by atoms with Gasteiger partial charge in [-0.1, -0.05) is 36.4 Å². The van der Waals surface area contributed by atoms with Gasteiger partial charge < -0.3 is 14.7 Å². The van der Waals surface area contributed by atoms with Crippen LogP contribution < -0.4 is 9.80 Å². The monoisotopic (exact) mass is 371 g/mol. The molecule has 138 valence electrons. The van der Waals surface area contributed by atoms with Crippen LogP contribution in [0.15, 0.2) is 47.8 Å². The average molecular weight is 372 g/mol. The molecule has 0 saturated carbocycles. The molecule has 0 unspecified atom stereocenters. The number of piperidine rings is 1. The molecular weight excluding hydrogens is 342 g/mol. The van der Waals surface area contributed by atoms with Gasteiger partial charge in [-0.05, 0) is 11.4 Å². The highest BCUT2D eigenvalue weighted by molar-refractivity contribution is 7.12. The van der Waals surface area contributed by atoms with Crippen LogP contribution in [0.3, 0.4) is 0 Å². The lowest BCUT2D eigenvalue weighted by Crippen LogP contribution is -3.21. The number of rotatable bonds is 4. The molecule has 0 spiro atoms. The Bertz CT molecular complexity index is 687. The first-order valence-electron chi connectivity index (χ1n) is 9.84. The van der Waals surface area contributed by atoms with Crippen molar-refractivity contribution in [2.75, 3.05) is 39.3 Å². The number of carbonyl (C=O) groups excluding carboxylic acids is 1. The zero-order valence-electron chi connectivity index (χ0n) is 15.3. The summed E-state index contributed by atoms with van der Waals surface area (Å²) < 4.78 is 0. The van der Waals surface area contributed by atoms with E-state index in [0.29, 0.717) is 0 Å². The molecule has 1 aromatic heterocycles. The van der Waals surface area contributed by atoms with E-state index in [4.69, 9.17) is 0 Å². The van der Waals surface area contributed by atoms with Crippen LogP contribution in [0.5, 0.6) is 0 Å². The van der Waals surface area contributed by atoms with Crippen molar-refractivity contribution in [3.05, 3.63) is 58.3 Å². The fourth-order valence-corrected chi connectivity index (χ4v) is 5.15. The van der Waals surface area contributed by atoms with E-state index in [1.54, 1.807) is 21.1 Å². The second-order valence-electron chi connectivity index (χ2n) is 7.61. The Hall–Kier alpha value is -1.69. The van der Waals surface area contributed by atoms with Crippen molar-refractivity contribution in [1.29, 1.82) is 0 Å². The highest BCUT2D eigenvalue weighted by atomic mass is 32.1. The molecule has 1 aromatic carbocycles. The van der Waals surface area contributed by atoms with Gasteiger partial charge in [0.2, 0.25) is 0 Å². The number of amides is 1. The first-order chi connectivity index (χ1) is 12.8. The van der Waals surface area contributed by atoms with Crippen LogP contribution in [0.4, 0.5) is 0 Å². The van der Waals surface area contributed by atoms with E-state index in [-0.39, 0.29) is 5.91 Å².